The number of carbonyl (C=O) groups is 2. The Labute approximate surface area is 96.0 Å². The molecule has 0 unspecified atom stereocenters. The maximum Gasteiger partial charge on any atom is 0.335 e. The number of carboxylic acid groups (broad SMARTS) is 1. The molecule has 2 aromatic rings. The Balaban J connectivity index is 2.52. The van der Waals surface area contributed by atoms with Gasteiger partial charge in [-0.15, -0.1) is 0 Å². The fraction of sp³-hybridized carbons (Fsp3) is 0. The fourth-order valence-corrected chi connectivity index (χ4v) is 2.26. The van der Waals surface area contributed by atoms with Gasteiger partial charge in [0.05, 0.1) is 5.56 Å². The number of carbonyl (C=O) groups excluding carboxylic acids is 1. The van der Waals surface area contributed by atoms with E-state index in [0.29, 0.717) is 5.56 Å². The second-order valence-corrected chi connectivity index (χ2v) is 3.99. The Hall–Kier alpha value is -1.94. The van der Waals surface area contributed by atoms with Crippen molar-refractivity contribution in [1.29, 1.82) is 0 Å². The molecular formula is C12H8O3S. The van der Waals surface area contributed by atoms with E-state index in [1.807, 2.05) is 5.38 Å². The highest BCUT2D eigenvalue weighted by Crippen LogP contribution is 2.26. The molecule has 2 rings (SSSR count). The van der Waals surface area contributed by atoms with E-state index in [1.165, 1.54) is 17.4 Å². The first-order chi connectivity index (χ1) is 7.72. The molecule has 1 aromatic heterocycles. The summed E-state index contributed by atoms with van der Waals surface area (Å²) in [6.07, 6.45) is 0.777. The average Bonchev–Trinajstić information content (AvgIpc) is 2.77. The Morgan fingerprint density at radius 3 is 2.81 bits per heavy atom. The predicted molar refractivity (Wildman–Crippen MR) is 62.1 cm³/mol. The Bertz CT molecular complexity index is 543. The van der Waals surface area contributed by atoms with E-state index >= 15 is 0 Å². The van der Waals surface area contributed by atoms with Crippen molar-refractivity contribution in [3.05, 3.63) is 46.2 Å². The Morgan fingerprint density at radius 2 is 2.12 bits per heavy atom. The highest BCUT2D eigenvalue weighted by atomic mass is 32.1. The van der Waals surface area contributed by atoms with Crippen molar-refractivity contribution >= 4 is 23.6 Å². The lowest BCUT2D eigenvalue weighted by Crippen LogP contribution is -1.95. The van der Waals surface area contributed by atoms with Gasteiger partial charge in [-0.05, 0) is 23.1 Å². The van der Waals surface area contributed by atoms with Gasteiger partial charge < -0.3 is 5.11 Å². The van der Waals surface area contributed by atoms with Crippen LogP contribution in [-0.4, -0.2) is 17.4 Å². The summed E-state index contributed by atoms with van der Waals surface area (Å²) in [6.45, 7) is 0. The topological polar surface area (TPSA) is 54.4 Å². The molecule has 1 heterocycles. The molecule has 80 valence electrons. The van der Waals surface area contributed by atoms with Gasteiger partial charge in [0.2, 0.25) is 0 Å². The van der Waals surface area contributed by atoms with Crippen LogP contribution in [0.25, 0.3) is 11.1 Å². The summed E-state index contributed by atoms with van der Waals surface area (Å²) in [6, 6.07) is 6.56. The number of hydrogen-bond donors (Lipinski definition) is 1. The van der Waals surface area contributed by atoms with E-state index in [9.17, 15) is 9.59 Å². The van der Waals surface area contributed by atoms with Crippen LogP contribution in [0, 0.1) is 0 Å². The SMILES string of the molecule is O=Cc1cscc1-c1cccc(C(=O)O)c1. The summed E-state index contributed by atoms with van der Waals surface area (Å²) >= 11 is 1.42. The smallest absolute Gasteiger partial charge is 0.335 e. The van der Waals surface area contributed by atoms with Gasteiger partial charge in [0, 0.05) is 16.5 Å². The lowest BCUT2D eigenvalue weighted by Gasteiger charge is -2.01. The molecule has 0 saturated carbocycles. The number of hydrogen-bond acceptors (Lipinski definition) is 3. The number of carboxylic acids is 1. The third kappa shape index (κ3) is 1.87. The molecule has 4 heteroatoms. The van der Waals surface area contributed by atoms with Crippen molar-refractivity contribution < 1.29 is 14.7 Å². The van der Waals surface area contributed by atoms with Crippen LogP contribution in [0.3, 0.4) is 0 Å². The van der Waals surface area contributed by atoms with E-state index in [0.717, 1.165) is 17.4 Å². The number of thiophene rings is 1. The minimum absolute atomic E-state index is 0.223. The van der Waals surface area contributed by atoms with Crippen LogP contribution in [0.1, 0.15) is 20.7 Å². The Morgan fingerprint density at radius 1 is 1.31 bits per heavy atom. The first kappa shape index (κ1) is 10.6. The summed E-state index contributed by atoms with van der Waals surface area (Å²) in [4.78, 5) is 21.6. The van der Waals surface area contributed by atoms with Gasteiger partial charge >= 0.3 is 5.97 Å². The fourth-order valence-electron chi connectivity index (χ4n) is 1.45. The summed E-state index contributed by atoms with van der Waals surface area (Å²) in [5.41, 5.74) is 2.35. The van der Waals surface area contributed by atoms with Crippen LogP contribution >= 0.6 is 11.3 Å². The van der Waals surface area contributed by atoms with Crippen molar-refractivity contribution in [1.82, 2.24) is 0 Å². The van der Waals surface area contributed by atoms with Crippen molar-refractivity contribution in [2.24, 2.45) is 0 Å². The van der Waals surface area contributed by atoms with Crippen LogP contribution in [0.2, 0.25) is 0 Å². The molecule has 16 heavy (non-hydrogen) atoms. The normalized spacial score (nSPS) is 10.0. The zero-order chi connectivity index (χ0) is 11.5. The molecule has 1 aromatic carbocycles. The number of aldehydes is 1. The van der Waals surface area contributed by atoms with Gasteiger partial charge in [0.1, 0.15) is 0 Å². The van der Waals surface area contributed by atoms with Crippen LogP contribution in [0.15, 0.2) is 35.0 Å². The number of rotatable bonds is 3. The molecule has 0 amide bonds. The maximum atomic E-state index is 10.8. The molecule has 0 fully saturated rings. The molecule has 0 saturated heterocycles. The highest BCUT2D eigenvalue weighted by Gasteiger charge is 2.08. The molecule has 0 bridgehead atoms. The van der Waals surface area contributed by atoms with Crippen LogP contribution in [0.5, 0.6) is 0 Å². The summed E-state index contributed by atoms with van der Waals surface area (Å²) in [7, 11) is 0. The van der Waals surface area contributed by atoms with Crippen molar-refractivity contribution in [3.8, 4) is 11.1 Å². The first-order valence-corrected chi connectivity index (χ1v) is 5.52. The first-order valence-electron chi connectivity index (χ1n) is 4.57. The zero-order valence-corrected chi connectivity index (χ0v) is 9.03. The second-order valence-electron chi connectivity index (χ2n) is 3.24. The van der Waals surface area contributed by atoms with Crippen molar-refractivity contribution in [3.63, 3.8) is 0 Å². The quantitative estimate of drug-likeness (QED) is 0.828. The van der Waals surface area contributed by atoms with Crippen LogP contribution in [-0.2, 0) is 0 Å². The third-order valence-corrected chi connectivity index (χ3v) is 3.00. The largest absolute Gasteiger partial charge is 0.478 e. The van der Waals surface area contributed by atoms with Crippen LogP contribution < -0.4 is 0 Å². The summed E-state index contributed by atoms with van der Waals surface area (Å²) < 4.78 is 0. The minimum Gasteiger partial charge on any atom is -0.478 e. The van der Waals surface area contributed by atoms with Gasteiger partial charge in [-0.3, -0.25) is 4.79 Å². The van der Waals surface area contributed by atoms with Crippen molar-refractivity contribution in [2.45, 2.75) is 0 Å². The van der Waals surface area contributed by atoms with E-state index in [4.69, 9.17) is 5.11 Å². The van der Waals surface area contributed by atoms with Crippen molar-refractivity contribution in [2.75, 3.05) is 0 Å². The van der Waals surface area contributed by atoms with Crippen LogP contribution in [0.4, 0.5) is 0 Å². The number of benzene rings is 1. The maximum absolute atomic E-state index is 10.8. The highest BCUT2D eigenvalue weighted by molar-refractivity contribution is 7.08. The lowest BCUT2D eigenvalue weighted by molar-refractivity contribution is 0.0697. The monoisotopic (exact) mass is 232 g/mol. The van der Waals surface area contributed by atoms with Gasteiger partial charge in [0.25, 0.3) is 0 Å². The third-order valence-electron chi connectivity index (χ3n) is 2.24. The van der Waals surface area contributed by atoms with Gasteiger partial charge in [-0.25, -0.2) is 4.79 Å². The molecule has 0 radical (unpaired) electrons. The van der Waals surface area contributed by atoms with E-state index in [-0.39, 0.29) is 5.56 Å². The van der Waals surface area contributed by atoms with E-state index in [2.05, 4.69) is 0 Å². The molecular weight excluding hydrogens is 224 g/mol. The molecule has 0 aliphatic heterocycles. The lowest BCUT2D eigenvalue weighted by atomic mass is 10.0. The zero-order valence-electron chi connectivity index (χ0n) is 8.21. The molecule has 0 spiro atoms. The van der Waals surface area contributed by atoms with Gasteiger partial charge in [-0.1, -0.05) is 12.1 Å². The standard InChI is InChI=1S/C12H8O3S/c13-5-10-6-16-7-11(10)8-2-1-3-9(4-8)12(14)15/h1-7H,(H,14,15). The predicted octanol–water partition coefficient (Wildman–Crippen LogP) is 2.93. The molecule has 3 nitrogen and oxygen atoms in total. The summed E-state index contributed by atoms with van der Waals surface area (Å²) in [5.74, 6) is -0.968. The average molecular weight is 232 g/mol. The van der Waals surface area contributed by atoms with Gasteiger partial charge in [-0.2, -0.15) is 11.3 Å². The molecule has 0 aliphatic carbocycles. The molecule has 0 atom stereocenters. The molecule has 1 N–H and O–H groups in total. The minimum atomic E-state index is -0.968. The van der Waals surface area contributed by atoms with Gasteiger partial charge in [0.15, 0.2) is 6.29 Å². The number of aromatic carboxylic acids is 1. The van der Waals surface area contributed by atoms with E-state index in [1.54, 1.807) is 23.6 Å². The van der Waals surface area contributed by atoms with E-state index < -0.39 is 5.97 Å². The Kier molecular flexibility index (Phi) is 2.83. The molecule has 0 aliphatic rings. The second kappa shape index (κ2) is 4.28. The summed E-state index contributed by atoms with van der Waals surface area (Å²) in [5, 5.41) is 12.5.